The number of rotatable bonds is 7. The lowest BCUT2D eigenvalue weighted by Crippen LogP contribution is -2.35. The Bertz CT molecular complexity index is 630. The number of fused-ring (bicyclic) bond motifs is 1. The average Bonchev–Trinajstić information content (AvgIpc) is 3.44. The Balaban J connectivity index is 1.61. The van der Waals surface area contributed by atoms with Crippen molar-refractivity contribution in [2.45, 2.75) is 19.4 Å². The number of benzene rings is 1. The van der Waals surface area contributed by atoms with Crippen molar-refractivity contribution >= 4 is 17.5 Å². The minimum absolute atomic E-state index is 0.0246. The van der Waals surface area contributed by atoms with Gasteiger partial charge in [0.1, 0.15) is 19.0 Å². The van der Waals surface area contributed by atoms with Crippen LogP contribution in [0.25, 0.3) is 0 Å². The van der Waals surface area contributed by atoms with Gasteiger partial charge in [-0.15, -0.1) is 0 Å². The van der Waals surface area contributed by atoms with Gasteiger partial charge in [0.05, 0.1) is 19.8 Å². The highest BCUT2D eigenvalue weighted by atomic mass is 16.5. The molecular weight excluding hydrogens is 324 g/mol. The number of methoxy groups -OCH3 is 1. The van der Waals surface area contributed by atoms with Crippen LogP contribution in [0.4, 0.5) is 5.69 Å². The Morgan fingerprint density at radius 2 is 2.16 bits per heavy atom. The predicted octanol–water partition coefficient (Wildman–Crippen LogP) is 1.42. The molecule has 1 N–H and O–H groups in total. The summed E-state index contributed by atoms with van der Waals surface area (Å²) in [6.45, 7) is 2.26. The molecule has 0 atom stereocenters. The van der Waals surface area contributed by atoms with Crippen LogP contribution in [-0.2, 0) is 25.6 Å². The van der Waals surface area contributed by atoms with Crippen LogP contribution in [0.5, 0.6) is 5.75 Å². The summed E-state index contributed by atoms with van der Waals surface area (Å²) in [5.41, 5.74) is 1.63. The normalized spacial score (nSPS) is 16.6. The molecule has 0 aromatic heterocycles. The Labute approximate surface area is 147 Å². The first-order chi connectivity index (χ1) is 12.2. The number of ether oxygens (including phenoxy) is 3. The van der Waals surface area contributed by atoms with E-state index in [0.717, 1.165) is 29.8 Å². The lowest BCUT2D eigenvalue weighted by molar-refractivity contribution is -0.137. The van der Waals surface area contributed by atoms with Crippen LogP contribution in [0, 0.1) is 5.92 Å². The second kappa shape index (κ2) is 8.31. The first-order valence-electron chi connectivity index (χ1n) is 8.58. The van der Waals surface area contributed by atoms with Crippen LogP contribution >= 0.6 is 0 Å². The molecular formula is C18H24N2O5. The second-order valence-electron chi connectivity index (χ2n) is 6.30. The van der Waals surface area contributed by atoms with E-state index in [1.165, 1.54) is 0 Å². The third kappa shape index (κ3) is 4.93. The fourth-order valence-electron chi connectivity index (χ4n) is 2.67. The topological polar surface area (TPSA) is 77.1 Å². The van der Waals surface area contributed by atoms with Gasteiger partial charge < -0.3 is 24.4 Å². The molecule has 1 aromatic carbocycles. The van der Waals surface area contributed by atoms with Crippen molar-refractivity contribution in [1.82, 2.24) is 4.90 Å². The van der Waals surface area contributed by atoms with Gasteiger partial charge in [0.15, 0.2) is 0 Å². The molecule has 0 spiro atoms. The lowest BCUT2D eigenvalue weighted by Gasteiger charge is -2.20. The van der Waals surface area contributed by atoms with E-state index < -0.39 is 0 Å². The first-order valence-corrected chi connectivity index (χ1v) is 8.58. The summed E-state index contributed by atoms with van der Waals surface area (Å²) in [7, 11) is 1.59. The number of nitrogens with one attached hydrogen (secondary N) is 1. The molecule has 7 heteroatoms. The highest BCUT2D eigenvalue weighted by molar-refractivity contribution is 5.94. The van der Waals surface area contributed by atoms with Gasteiger partial charge in [-0.1, -0.05) is 0 Å². The Hall–Kier alpha value is -2.12. The van der Waals surface area contributed by atoms with Crippen molar-refractivity contribution < 1.29 is 23.8 Å². The predicted molar refractivity (Wildman–Crippen MR) is 91.4 cm³/mol. The summed E-state index contributed by atoms with van der Waals surface area (Å²) in [5, 5.41) is 2.93. The van der Waals surface area contributed by atoms with Crippen LogP contribution in [0.15, 0.2) is 18.2 Å². The third-order valence-electron chi connectivity index (χ3n) is 4.27. The van der Waals surface area contributed by atoms with E-state index in [2.05, 4.69) is 5.32 Å². The number of amides is 2. The van der Waals surface area contributed by atoms with Crippen molar-refractivity contribution in [3.05, 3.63) is 23.8 Å². The van der Waals surface area contributed by atoms with Crippen LogP contribution in [-0.4, -0.2) is 56.8 Å². The van der Waals surface area contributed by atoms with E-state index in [9.17, 15) is 9.59 Å². The number of carbonyl (C=O) groups excluding carboxylic acids is 2. The molecule has 1 fully saturated rings. The molecule has 1 aliphatic carbocycles. The largest absolute Gasteiger partial charge is 0.491 e. The molecule has 0 bridgehead atoms. The molecule has 1 saturated carbocycles. The molecule has 0 radical (unpaired) electrons. The van der Waals surface area contributed by atoms with E-state index in [0.29, 0.717) is 32.9 Å². The lowest BCUT2D eigenvalue weighted by atomic mass is 10.1. The van der Waals surface area contributed by atoms with E-state index in [-0.39, 0.29) is 24.3 Å². The number of hydrogen-bond donors (Lipinski definition) is 1. The van der Waals surface area contributed by atoms with E-state index in [1.54, 1.807) is 12.0 Å². The maximum Gasteiger partial charge on any atom is 0.248 e. The van der Waals surface area contributed by atoms with Gasteiger partial charge in [0, 0.05) is 30.8 Å². The molecule has 0 unspecified atom stereocenters. The molecule has 0 saturated heterocycles. The monoisotopic (exact) mass is 348 g/mol. The number of carbonyl (C=O) groups is 2. The number of anilines is 1. The van der Waals surface area contributed by atoms with Gasteiger partial charge in [0.25, 0.3) is 0 Å². The molecule has 25 heavy (non-hydrogen) atoms. The quantitative estimate of drug-likeness (QED) is 0.754. The standard InChI is InChI=1S/C18H24N2O5/c1-23-8-9-24-12-17(21)20-6-7-25-16-5-4-15(10-14(16)11-20)19-18(22)13-2-3-13/h4-5,10,13H,2-3,6-9,11-12H2,1H3,(H,19,22). The molecule has 1 heterocycles. The summed E-state index contributed by atoms with van der Waals surface area (Å²) in [4.78, 5) is 26.0. The summed E-state index contributed by atoms with van der Waals surface area (Å²) in [5.74, 6) is 0.881. The highest BCUT2D eigenvalue weighted by Crippen LogP contribution is 2.31. The molecule has 7 nitrogen and oxygen atoms in total. The van der Waals surface area contributed by atoms with Gasteiger partial charge >= 0.3 is 0 Å². The maximum atomic E-state index is 12.3. The minimum atomic E-state index is -0.0834. The smallest absolute Gasteiger partial charge is 0.248 e. The van der Waals surface area contributed by atoms with Crippen molar-refractivity contribution in [3.8, 4) is 5.75 Å². The second-order valence-corrected chi connectivity index (χ2v) is 6.30. The van der Waals surface area contributed by atoms with Crippen molar-refractivity contribution in [3.63, 3.8) is 0 Å². The summed E-state index contributed by atoms with van der Waals surface area (Å²) in [6.07, 6.45) is 1.93. The van der Waals surface area contributed by atoms with E-state index >= 15 is 0 Å². The zero-order chi connectivity index (χ0) is 17.6. The van der Waals surface area contributed by atoms with E-state index in [1.807, 2.05) is 18.2 Å². The van der Waals surface area contributed by atoms with Gasteiger partial charge in [-0.25, -0.2) is 0 Å². The molecule has 1 aliphatic heterocycles. The maximum absolute atomic E-state index is 12.3. The summed E-state index contributed by atoms with van der Waals surface area (Å²) < 4.78 is 15.9. The molecule has 2 aliphatic rings. The van der Waals surface area contributed by atoms with Crippen LogP contribution < -0.4 is 10.1 Å². The summed E-state index contributed by atoms with van der Waals surface area (Å²) >= 11 is 0. The van der Waals surface area contributed by atoms with Crippen LogP contribution in [0.2, 0.25) is 0 Å². The Morgan fingerprint density at radius 3 is 2.92 bits per heavy atom. The SMILES string of the molecule is COCCOCC(=O)N1CCOc2ccc(NC(=O)C3CC3)cc2C1. The number of nitrogens with zero attached hydrogens (tertiary/aromatic N) is 1. The van der Waals surface area contributed by atoms with Gasteiger partial charge in [-0.3, -0.25) is 9.59 Å². The van der Waals surface area contributed by atoms with Crippen LogP contribution in [0.3, 0.4) is 0 Å². The average molecular weight is 348 g/mol. The van der Waals surface area contributed by atoms with Gasteiger partial charge in [0.2, 0.25) is 11.8 Å². The van der Waals surface area contributed by atoms with Gasteiger partial charge in [-0.2, -0.15) is 0 Å². The fourth-order valence-corrected chi connectivity index (χ4v) is 2.67. The zero-order valence-corrected chi connectivity index (χ0v) is 14.5. The van der Waals surface area contributed by atoms with E-state index in [4.69, 9.17) is 14.2 Å². The molecule has 3 rings (SSSR count). The van der Waals surface area contributed by atoms with Crippen molar-refractivity contribution in [1.29, 1.82) is 0 Å². The van der Waals surface area contributed by atoms with Crippen molar-refractivity contribution in [2.75, 3.05) is 45.4 Å². The summed E-state index contributed by atoms with van der Waals surface area (Å²) in [6, 6.07) is 5.57. The number of hydrogen-bond acceptors (Lipinski definition) is 5. The van der Waals surface area contributed by atoms with Crippen molar-refractivity contribution in [2.24, 2.45) is 5.92 Å². The Kier molecular flexibility index (Phi) is 5.88. The molecule has 136 valence electrons. The van der Waals surface area contributed by atoms with Gasteiger partial charge in [-0.05, 0) is 31.0 Å². The first kappa shape index (κ1) is 17.7. The Morgan fingerprint density at radius 1 is 1.32 bits per heavy atom. The molecule has 1 aromatic rings. The fraction of sp³-hybridized carbons (Fsp3) is 0.556. The minimum Gasteiger partial charge on any atom is -0.491 e. The molecule has 2 amide bonds. The third-order valence-corrected chi connectivity index (χ3v) is 4.27. The highest BCUT2D eigenvalue weighted by Gasteiger charge is 2.29. The zero-order valence-electron chi connectivity index (χ0n) is 14.5. The van der Waals surface area contributed by atoms with Crippen LogP contribution in [0.1, 0.15) is 18.4 Å².